The van der Waals surface area contributed by atoms with Crippen molar-refractivity contribution in [3.05, 3.63) is 47.2 Å². The average Bonchev–Trinajstić information content (AvgIpc) is 2.85. The Morgan fingerprint density at radius 1 is 1.29 bits per heavy atom. The number of β-lactam (4-membered cyclic amide) rings is 1. The van der Waals surface area contributed by atoms with Gasteiger partial charge in [0, 0.05) is 0 Å². The predicted octanol–water partition coefficient (Wildman–Crippen LogP) is 0.0551. The summed E-state index contributed by atoms with van der Waals surface area (Å²) in [5.41, 5.74) is 0.956. The van der Waals surface area contributed by atoms with Crippen LogP contribution in [0.1, 0.15) is 24.8 Å². The van der Waals surface area contributed by atoms with E-state index >= 15 is 0 Å². The van der Waals surface area contributed by atoms with Gasteiger partial charge in [0.15, 0.2) is 6.23 Å². The first-order chi connectivity index (χ1) is 11.5. The van der Waals surface area contributed by atoms with Crippen molar-refractivity contribution >= 4 is 17.8 Å². The summed E-state index contributed by atoms with van der Waals surface area (Å²) >= 11 is 0. The maximum absolute atomic E-state index is 11.6. The minimum absolute atomic E-state index is 0.0597. The van der Waals surface area contributed by atoms with Crippen LogP contribution in [0.15, 0.2) is 41.7 Å². The van der Waals surface area contributed by atoms with Crippen LogP contribution in [0.5, 0.6) is 0 Å². The third-order valence-corrected chi connectivity index (χ3v) is 4.25. The topological polar surface area (TPSA) is 107 Å². The Morgan fingerprint density at radius 2 is 2.00 bits per heavy atom. The molecule has 1 aromatic rings. The van der Waals surface area contributed by atoms with Crippen molar-refractivity contribution in [1.82, 2.24) is 4.90 Å². The molecule has 2 saturated heterocycles. The largest absolute Gasteiger partial charge is 0.547 e. The van der Waals surface area contributed by atoms with Gasteiger partial charge < -0.3 is 19.7 Å². The number of carboxylic acid groups (broad SMARTS) is 2. The number of amides is 1. The summed E-state index contributed by atoms with van der Waals surface area (Å²) < 4.78 is 5.41. The molecule has 2 aliphatic heterocycles. The second-order valence-electron chi connectivity index (χ2n) is 5.79. The van der Waals surface area contributed by atoms with E-state index < -0.39 is 24.2 Å². The van der Waals surface area contributed by atoms with Crippen molar-refractivity contribution < 1.29 is 29.3 Å². The van der Waals surface area contributed by atoms with Crippen LogP contribution in [0.25, 0.3) is 0 Å². The van der Waals surface area contributed by atoms with E-state index in [0.717, 1.165) is 10.5 Å². The molecule has 1 amide bonds. The summed E-state index contributed by atoms with van der Waals surface area (Å²) in [4.78, 5) is 35.5. The zero-order valence-corrected chi connectivity index (χ0v) is 12.8. The number of benzene rings is 1. The smallest absolute Gasteiger partial charge is 0.335 e. The Kier molecular flexibility index (Phi) is 4.24. The first-order valence-electron chi connectivity index (χ1n) is 7.68. The van der Waals surface area contributed by atoms with Crippen LogP contribution in [0, 0.1) is 0 Å². The first-order valence-corrected chi connectivity index (χ1v) is 7.68. The normalized spacial score (nSPS) is 24.0. The van der Waals surface area contributed by atoms with Gasteiger partial charge in [0.05, 0.1) is 18.0 Å². The number of hydrogen-bond acceptors (Lipinski definition) is 5. The molecule has 24 heavy (non-hydrogen) atoms. The minimum atomic E-state index is -1.53. The number of ether oxygens (including phenoxy) is 1. The van der Waals surface area contributed by atoms with Crippen molar-refractivity contribution in [3.8, 4) is 0 Å². The van der Waals surface area contributed by atoms with E-state index in [-0.39, 0.29) is 30.1 Å². The van der Waals surface area contributed by atoms with Crippen molar-refractivity contribution in [2.45, 2.75) is 38.0 Å². The molecule has 0 aliphatic carbocycles. The molecule has 2 heterocycles. The van der Waals surface area contributed by atoms with Crippen molar-refractivity contribution in [2.75, 3.05) is 0 Å². The fourth-order valence-corrected chi connectivity index (χ4v) is 3.05. The second kappa shape index (κ2) is 6.35. The number of carbonyl (C=O) groups is 3. The third kappa shape index (κ3) is 2.84. The fourth-order valence-electron chi connectivity index (χ4n) is 3.05. The van der Waals surface area contributed by atoms with Gasteiger partial charge in [-0.25, -0.2) is 4.79 Å². The lowest BCUT2D eigenvalue weighted by Gasteiger charge is -2.35. The zero-order chi connectivity index (χ0) is 17.3. The molecule has 0 spiro atoms. The Morgan fingerprint density at radius 3 is 2.58 bits per heavy atom. The number of aliphatic carboxylic acids is 2. The first kappa shape index (κ1) is 16.0. The molecule has 1 aromatic carbocycles. The monoisotopic (exact) mass is 330 g/mol. The molecule has 2 fully saturated rings. The predicted molar refractivity (Wildman–Crippen MR) is 79.2 cm³/mol. The summed E-state index contributed by atoms with van der Waals surface area (Å²) in [6.45, 7) is 0. The molecule has 2 aliphatic rings. The third-order valence-electron chi connectivity index (χ3n) is 4.25. The van der Waals surface area contributed by atoms with Gasteiger partial charge in [-0.3, -0.25) is 9.69 Å². The van der Waals surface area contributed by atoms with E-state index in [2.05, 4.69) is 0 Å². The second-order valence-corrected chi connectivity index (χ2v) is 5.79. The summed E-state index contributed by atoms with van der Waals surface area (Å²) in [7, 11) is 0. The van der Waals surface area contributed by atoms with Gasteiger partial charge in [-0.15, -0.1) is 0 Å². The number of nitrogens with zero attached hydrogens (tertiary/aromatic N) is 1. The van der Waals surface area contributed by atoms with Gasteiger partial charge in [0.2, 0.25) is 5.91 Å². The molecule has 7 nitrogen and oxygen atoms in total. The summed E-state index contributed by atoms with van der Waals surface area (Å²) in [5, 5.41) is 20.8. The Balaban J connectivity index is 1.78. The molecule has 3 rings (SSSR count). The van der Waals surface area contributed by atoms with E-state index in [1.165, 1.54) is 0 Å². The molecule has 0 saturated carbocycles. The number of aryl methyl sites for hydroxylation is 1. The van der Waals surface area contributed by atoms with Gasteiger partial charge >= 0.3 is 5.97 Å². The Labute approximate surface area is 138 Å². The van der Waals surface area contributed by atoms with Crippen LogP contribution in [-0.2, 0) is 25.5 Å². The SMILES string of the molecule is O=C(O)/C(CCCc1ccccc1)=C1/O[C@@H]2CC(=O)N2C1C(=O)[O-]. The van der Waals surface area contributed by atoms with E-state index in [9.17, 15) is 24.6 Å². The summed E-state index contributed by atoms with van der Waals surface area (Å²) in [6.07, 6.45) is 0.699. The maximum Gasteiger partial charge on any atom is 0.335 e. The molecule has 1 unspecified atom stereocenters. The molecule has 0 bridgehead atoms. The van der Waals surface area contributed by atoms with Crippen LogP contribution >= 0.6 is 0 Å². The molecule has 2 atom stereocenters. The number of carboxylic acids is 2. The van der Waals surface area contributed by atoms with Crippen molar-refractivity contribution in [1.29, 1.82) is 0 Å². The van der Waals surface area contributed by atoms with Crippen LogP contribution in [-0.4, -0.2) is 40.1 Å². The lowest BCUT2D eigenvalue weighted by atomic mass is 10.00. The highest BCUT2D eigenvalue weighted by Gasteiger charge is 2.52. The van der Waals surface area contributed by atoms with Crippen LogP contribution in [0.3, 0.4) is 0 Å². The highest BCUT2D eigenvalue weighted by Crippen LogP contribution is 2.38. The zero-order valence-electron chi connectivity index (χ0n) is 12.8. The fraction of sp³-hybridized carbons (Fsp3) is 0.353. The van der Waals surface area contributed by atoms with Gasteiger partial charge in [-0.2, -0.15) is 0 Å². The summed E-state index contributed by atoms with van der Waals surface area (Å²) in [6, 6.07) is 8.12. The number of carbonyl (C=O) groups excluding carboxylic acids is 2. The highest BCUT2D eigenvalue weighted by molar-refractivity contribution is 5.94. The van der Waals surface area contributed by atoms with Gasteiger partial charge in [0.1, 0.15) is 11.8 Å². The molecule has 0 aromatic heterocycles. The quantitative estimate of drug-likeness (QED) is 0.584. The molecule has 7 heteroatoms. The average molecular weight is 330 g/mol. The number of hydrogen-bond donors (Lipinski definition) is 1. The van der Waals surface area contributed by atoms with Gasteiger partial charge in [-0.1, -0.05) is 30.3 Å². The molecule has 0 radical (unpaired) electrons. The Hall–Kier alpha value is -2.83. The number of rotatable bonds is 6. The summed E-state index contributed by atoms with van der Waals surface area (Å²) in [5.74, 6) is -3.31. The number of fused-ring (bicyclic) bond motifs is 1. The minimum Gasteiger partial charge on any atom is -0.547 e. The molecular formula is C17H16NO6-. The van der Waals surface area contributed by atoms with E-state index in [0.29, 0.717) is 12.8 Å². The van der Waals surface area contributed by atoms with E-state index in [4.69, 9.17) is 4.74 Å². The molecular weight excluding hydrogens is 314 g/mol. The van der Waals surface area contributed by atoms with Crippen LogP contribution < -0.4 is 5.11 Å². The van der Waals surface area contributed by atoms with Crippen LogP contribution in [0.2, 0.25) is 0 Å². The lowest BCUT2D eigenvalue weighted by molar-refractivity contribution is -0.310. The van der Waals surface area contributed by atoms with Gasteiger partial charge in [0.25, 0.3) is 0 Å². The standard InChI is InChI=1S/C17H17NO6/c19-12-9-13-18(12)14(17(22)23)15(24-13)11(16(20)21)8-4-7-10-5-2-1-3-6-10/h1-3,5-6,13-14H,4,7-9H2,(H,20,21)(H,22,23)/p-1/b15-11+/t13-,14?/m1/s1. The van der Waals surface area contributed by atoms with Crippen molar-refractivity contribution in [2.24, 2.45) is 0 Å². The van der Waals surface area contributed by atoms with Crippen molar-refractivity contribution in [3.63, 3.8) is 0 Å². The van der Waals surface area contributed by atoms with Gasteiger partial charge in [-0.05, 0) is 24.8 Å². The van der Waals surface area contributed by atoms with E-state index in [1.807, 2.05) is 30.3 Å². The molecule has 126 valence electrons. The van der Waals surface area contributed by atoms with E-state index in [1.54, 1.807) is 0 Å². The lowest BCUT2D eigenvalue weighted by Crippen LogP contribution is -2.57. The molecule has 1 N–H and O–H groups in total. The van der Waals surface area contributed by atoms with Crippen LogP contribution in [0.4, 0.5) is 0 Å². The highest BCUT2D eigenvalue weighted by atomic mass is 16.5. The maximum atomic E-state index is 11.6. The Bertz CT molecular complexity index is 711.